The number of halogens is 2. The minimum atomic E-state index is -1.26. The normalized spacial score (nSPS) is 11.2. The van der Waals surface area contributed by atoms with Crippen molar-refractivity contribution in [2.45, 2.75) is 40.0 Å². The molecule has 0 bridgehead atoms. The van der Waals surface area contributed by atoms with Crippen molar-refractivity contribution in [1.82, 2.24) is 0 Å². The fourth-order valence-corrected chi connectivity index (χ4v) is 1.71. The van der Waals surface area contributed by atoms with Crippen molar-refractivity contribution in [3.63, 3.8) is 0 Å². The van der Waals surface area contributed by atoms with Crippen molar-refractivity contribution in [3.05, 3.63) is 39.8 Å². The summed E-state index contributed by atoms with van der Waals surface area (Å²) in [5.74, 6) is -3.49. The average molecular weight is 284 g/mol. The number of phenolic OH excluding ortho intramolecular Hbond substituents is 1. The maximum atomic E-state index is 13.5. The largest absolute Gasteiger partial charge is 0.503 e. The Balaban J connectivity index is 0.000000956. The van der Waals surface area contributed by atoms with Crippen molar-refractivity contribution < 1.29 is 18.3 Å². The standard InChI is InChI=1S/C13H12F2O3.C2H6/c1-13(2,3)7-4-6-5-8(14)10(16)9(15)11(6)18-12(7)17;1-2/h4-5,16H,1-3H3;1-2H3. The summed E-state index contributed by atoms with van der Waals surface area (Å²) in [4.78, 5) is 11.7. The van der Waals surface area contributed by atoms with E-state index in [2.05, 4.69) is 0 Å². The van der Waals surface area contributed by atoms with Gasteiger partial charge < -0.3 is 9.52 Å². The van der Waals surface area contributed by atoms with Gasteiger partial charge in [0.1, 0.15) is 0 Å². The molecule has 0 spiro atoms. The van der Waals surface area contributed by atoms with E-state index in [9.17, 15) is 13.6 Å². The van der Waals surface area contributed by atoms with Gasteiger partial charge in [-0.15, -0.1) is 0 Å². The van der Waals surface area contributed by atoms with Gasteiger partial charge in [0.2, 0.25) is 5.82 Å². The fourth-order valence-electron chi connectivity index (χ4n) is 1.71. The molecule has 1 N–H and O–H groups in total. The zero-order valence-corrected chi connectivity index (χ0v) is 12.2. The first-order valence-electron chi connectivity index (χ1n) is 6.37. The summed E-state index contributed by atoms with van der Waals surface area (Å²) in [6, 6.07) is 2.32. The third-order valence-electron chi connectivity index (χ3n) is 2.70. The van der Waals surface area contributed by atoms with Crippen molar-refractivity contribution in [2.24, 2.45) is 0 Å². The molecule has 0 aliphatic heterocycles. The molecule has 0 fully saturated rings. The minimum Gasteiger partial charge on any atom is -0.503 e. The van der Waals surface area contributed by atoms with E-state index in [0.717, 1.165) is 6.07 Å². The maximum absolute atomic E-state index is 13.5. The molecule has 3 nitrogen and oxygen atoms in total. The second-order valence-electron chi connectivity index (χ2n) is 5.14. The van der Waals surface area contributed by atoms with Crippen molar-refractivity contribution in [2.75, 3.05) is 0 Å². The highest BCUT2D eigenvalue weighted by Gasteiger charge is 2.22. The van der Waals surface area contributed by atoms with Gasteiger partial charge >= 0.3 is 5.63 Å². The Labute approximate surface area is 115 Å². The summed E-state index contributed by atoms with van der Waals surface area (Å²) in [5.41, 5.74) is -1.31. The topological polar surface area (TPSA) is 50.4 Å². The fraction of sp³-hybridized carbons (Fsp3) is 0.400. The smallest absolute Gasteiger partial charge is 0.340 e. The number of benzene rings is 1. The monoisotopic (exact) mass is 284 g/mol. The van der Waals surface area contributed by atoms with Crippen LogP contribution in [0, 0.1) is 11.6 Å². The van der Waals surface area contributed by atoms with Gasteiger partial charge in [-0.25, -0.2) is 9.18 Å². The van der Waals surface area contributed by atoms with Crippen LogP contribution in [0.2, 0.25) is 0 Å². The number of hydrogen-bond donors (Lipinski definition) is 1. The molecule has 1 heterocycles. The molecule has 2 rings (SSSR count). The maximum Gasteiger partial charge on any atom is 0.340 e. The third-order valence-corrected chi connectivity index (χ3v) is 2.70. The highest BCUT2D eigenvalue weighted by molar-refractivity contribution is 5.79. The lowest BCUT2D eigenvalue weighted by Crippen LogP contribution is -2.21. The van der Waals surface area contributed by atoms with Crippen LogP contribution >= 0.6 is 0 Å². The summed E-state index contributed by atoms with van der Waals surface area (Å²) in [6.07, 6.45) is 0. The highest BCUT2D eigenvalue weighted by atomic mass is 19.1. The quantitative estimate of drug-likeness (QED) is 0.741. The lowest BCUT2D eigenvalue weighted by atomic mass is 9.88. The zero-order chi connectivity index (χ0) is 15.7. The molecule has 5 heteroatoms. The van der Waals surface area contributed by atoms with E-state index >= 15 is 0 Å². The third kappa shape index (κ3) is 2.81. The number of aromatic hydroxyl groups is 1. The van der Waals surface area contributed by atoms with Crippen LogP contribution in [0.1, 0.15) is 40.2 Å². The Hall–Kier alpha value is -1.91. The molecule has 0 atom stereocenters. The number of phenols is 1. The van der Waals surface area contributed by atoms with E-state index in [4.69, 9.17) is 9.52 Å². The molecule has 0 saturated carbocycles. The second kappa shape index (κ2) is 5.61. The first kappa shape index (κ1) is 16.1. The Kier molecular flexibility index (Phi) is 4.53. The van der Waals surface area contributed by atoms with Gasteiger partial charge in [0.25, 0.3) is 0 Å². The molecule has 20 heavy (non-hydrogen) atoms. The summed E-state index contributed by atoms with van der Waals surface area (Å²) < 4.78 is 31.6. The van der Waals surface area contributed by atoms with E-state index in [0.29, 0.717) is 5.56 Å². The minimum absolute atomic E-state index is 0.104. The molecule has 0 saturated heterocycles. The van der Waals surface area contributed by atoms with Crippen LogP contribution in [-0.4, -0.2) is 5.11 Å². The Morgan fingerprint density at radius 2 is 1.70 bits per heavy atom. The first-order valence-corrected chi connectivity index (χ1v) is 6.37. The molecular formula is C15H18F2O3. The lowest BCUT2D eigenvalue weighted by Gasteiger charge is -2.17. The van der Waals surface area contributed by atoms with Gasteiger partial charge in [0, 0.05) is 10.9 Å². The van der Waals surface area contributed by atoms with Gasteiger partial charge in [-0.1, -0.05) is 34.6 Å². The predicted molar refractivity (Wildman–Crippen MR) is 74.1 cm³/mol. The molecule has 0 unspecified atom stereocenters. The number of rotatable bonds is 0. The van der Waals surface area contributed by atoms with Gasteiger partial charge in [0.15, 0.2) is 17.1 Å². The molecule has 1 aromatic heterocycles. The van der Waals surface area contributed by atoms with E-state index in [1.165, 1.54) is 6.07 Å². The van der Waals surface area contributed by atoms with E-state index < -0.39 is 34.0 Å². The number of fused-ring (bicyclic) bond motifs is 1. The molecule has 0 amide bonds. The van der Waals surface area contributed by atoms with E-state index in [1.54, 1.807) is 20.8 Å². The number of hydrogen-bond acceptors (Lipinski definition) is 3. The van der Waals surface area contributed by atoms with E-state index in [1.807, 2.05) is 13.8 Å². The summed E-state index contributed by atoms with van der Waals surface area (Å²) in [7, 11) is 0. The molecule has 110 valence electrons. The van der Waals surface area contributed by atoms with Crippen LogP contribution in [0.3, 0.4) is 0 Å². The first-order chi connectivity index (χ1) is 9.21. The molecule has 1 aromatic carbocycles. The predicted octanol–water partition coefficient (Wildman–Crippen LogP) is 4.10. The average Bonchev–Trinajstić information content (AvgIpc) is 2.38. The SMILES string of the molecule is CC.CC(C)(C)c1cc2cc(F)c(O)c(F)c2oc1=O. The van der Waals surface area contributed by atoms with Crippen LogP contribution in [0.25, 0.3) is 11.0 Å². The second-order valence-corrected chi connectivity index (χ2v) is 5.14. The summed E-state index contributed by atoms with van der Waals surface area (Å²) in [6.45, 7) is 9.37. The Bertz CT molecular complexity index is 682. The molecule has 0 radical (unpaired) electrons. The summed E-state index contributed by atoms with van der Waals surface area (Å²) >= 11 is 0. The molecule has 0 aliphatic rings. The Morgan fingerprint density at radius 3 is 2.20 bits per heavy atom. The van der Waals surface area contributed by atoms with Crippen molar-refractivity contribution in [1.29, 1.82) is 0 Å². The zero-order valence-electron chi connectivity index (χ0n) is 12.2. The van der Waals surface area contributed by atoms with Crippen molar-refractivity contribution >= 4 is 11.0 Å². The molecule has 0 aliphatic carbocycles. The van der Waals surface area contributed by atoms with Crippen molar-refractivity contribution in [3.8, 4) is 5.75 Å². The van der Waals surface area contributed by atoms with Crippen LogP contribution in [-0.2, 0) is 5.41 Å². The molecule has 2 aromatic rings. The van der Waals surface area contributed by atoms with Gasteiger partial charge in [-0.3, -0.25) is 0 Å². The Morgan fingerprint density at radius 1 is 1.15 bits per heavy atom. The van der Waals surface area contributed by atoms with Gasteiger partial charge in [-0.2, -0.15) is 4.39 Å². The van der Waals surface area contributed by atoms with Gasteiger partial charge in [-0.05, 0) is 17.5 Å². The molecular weight excluding hydrogens is 266 g/mol. The van der Waals surface area contributed by atoms with Crippen LogP contribution in [0.4, 0.5) is 8.78 Å². The van der Waals surface area contributed by atoms with Crippen LogP contribution < -0.4 is 5.63 Å². The highest BCUT2D eigenvalue weighted by Crippen LogP contribution is 2.30. The summed E-state index contributed by atoms with van der Waals surface area (Å²) in [5, 5.41) is 9.22. The van der Waals surface area contributed by atoms with Crippen LogP contribution in [0.5, 0.6) is 5.75 Å². The van der Waals surface area contributed by atoms with Crippen LogP contribution in [0.15, 0.2) is 21.3 Å². The van der Waals surface area contributed by atoms with E-state index in [-0.39, 0.29) is 5.39 Å². The lowest BCUT2D eigenvalue weighted by molar-refractivity contribution is 0.391. The van der Waals surface area contributed by atoms with Gasteiger partial charge in [0.05, 0.1) is 0 Å².